The summed E-state index contributed by atoms with van der Waals surface area (Å²) < 4.78 is 7.35. The number of nitrogens with one attached hydrogen (secondary N) is 2. The normalized spacial score (nSPS) is 16.5. The smallest absolute Gasteiger partial charge is 0.315 e. The van der Waals surface area contributed by atoms with E-state index in [1.165, 1.54) is 0 Å². The van der Waals surface area contributed by atoms with Crippen LogP contribution in [0.1, 0.15) is 23.6 Å². The zero-order valence-electron chi connectivity index (χ0n) is 12.6. The molecule has 1 atom stereocenters. The van der Waals surface area contributed by atoms with Crippen molar-refractivity contribution < 1.29 is 9.53 Å². The molecule has 1 aliphatic rings. The van der Waals surface area contributed by atoms with Gasteiger partial charge in [-0.25, -0.2) is 4.79 Å². The standard InChI is InChI=1S/C16H20N4O2/c1-20-11-12(10-18-20)6-8-17-16(21)19-14-7-9-22-15-5-3-2-4-13(14)15/h2-5,10-11,14H,6-9H2,1H3,(H2,17,19,21)/t14-/m1/s1. The van der Waals surface area contributed by atoms with E-state index < -0.39 is 0 Å². The molecule has 0 unspecified atom stereocenters. The molecule has 1 aromatic carbocycles. The number of aryl methyl sites for hydroxylation is 1. The molecule has 1 aliphatic heterocycles. The lowest BCUT2D eigenvalue weighted by molar-refractivity contribution is 0.223. The topological polar surface area (TPSA) is 68.2 Å². The number of urea groups is 1. The van der Waals surface area contributed by atoms with Crippen molar-refractivity contribution in [2.75, 3.05) is 13.2 Å². The summed E-state index contributed by atoms with van der Waals surface area (Å²) >= 11 is 0. The van der Waals surface area contributed by atoms with Gasteiger partial charge in [-0.15, -0.1) is 0 Å². The number of hydrogen-bond acceptors (Lipinski definition) is 3. The second kappa shape index (κ2) is 6.51. The van der Waals surface area contributed by atoms with E-state index >= 15 is 0 Å². The van der Waals surface area contributed by atoms with Gasteiger partial charge in [0.1, 0.15) is 5.75 Å². The molecule has 0 aliphatic carbocycles. The summed E-state index contributed by atoms with van der Waals surface area (Å²) in [5, 5.41) is 10.0. The van der Waals surface area contributed by atoms with Crippen LogP contribution in [0.15, 0.2) is 36.7 Å². The molecule has 0 saturated heterocycles. The predicted octanol–water partition coefficient (Wildman–Crippen LogP) is 1.79. The third-order valence-corrected chi connectivity index (χ3v) is 3.72. The number of rotatable bonds is 4. The first-order chi connectivity index (χ1) is 10.7. The Morgan fingerprint density at radius 3 is 3.14 bits per heavy atom. The molecule has 1 aromatic heterocycles. The number of carbonyl (C=O) groups is 1. The van der Waals surface area contributed by atoms with Crippen LogP contribution in [0.5, 0.6) is 5.75 Å². The van der Waals surface area contributed by atoms with Crippen molar-refractivity contribution in [3.63, 3.8) is 0 Å². The Bertz CT molecular complexity index is 653. The van der Waals surface area contributed by atoms with Crippen molar-refractivity contribution in [1.29, 1.82) is 0 Å². The van der Waals surface area contributed by atoms with E-state index in [0.29, 0.717) is 13.2 Å². The van der Waals surface area contributed by atoms with Crippen molar-refractivity contribution in [3.8, 4) is 5.75 Å². The molecule has 22 heavy (non-hydrogen) atoms. The number of fused-ring (bicyclic) bond motifs is 1. The fourth-order valence-corrected chi connectivity index (χ4v) is 2.62. The minimum atomic E-state index is -0.148. The molecule has 0 fully saturated rings. The van der Waals surface area contributed by atoms with Crippen LogP contribution in [-0.2, 0) is 13.5 Å². The van der Waals surface area contributed by atoms with Crippen LogP contribution in [0.2, 0.25) is 0 Å². The van der Waals surface area contributed by atoms with Crippen LogP contribution in [0, 0.1) is 0 Å². The Kier molecular flexibility index (Phi) is 4.27. The maximum atomic E-state index is 12.0. The van der Waals surface area contributed by atoms with Gasteiger partial charge < -0.3 is 15.4 Å². The minimum Gasteiger partial charge on any atom is -0.493 e. The van der Waals surface area contributed by atoms with Gasteiger partial charge in [0.15, 0.2) is 0 Å². The predicted molar refractivity (Wildman–Crippen MR) is 82.7 cm³/mol. The Balaban J connectivity index is 1.50. The van der Waals surface area contributed by atoms with Crippen LogP contribution in [0.4, 0.5) is 4.79 Å². The third-order valence-electron chi connectivity index (χ3n) is 3.72. The second-order valence-corrected chi connectivity index (χ2v) is 5.40. The maximum Gasteiger partial charge on any atom is 0.315 e. The summed E-state index contributed by atoms with van der Waals surface area (Å²) in [5.41, 5.74) is 2.15. The molecule has 0 saturated carbocycles. The first-order valence-electron chi connectivity index (χ1n) is 7.46. The lowest BCUT2D eigenvalue weighted by Gasteiger charge is -2.26. The van der Waals surface area contributed by atoms with Gasteiger partial charge in [-0.05, 0) is 18.1 Å². The molecule has 116 valence electrons. The third kappa shape index (κ3) is 3.39. The van der Waals surface area contributed by atoms with Gasteiger partial charge in [0, 0.05) is 31.8 Å². The lowest BCUT2D eigenvalue weighted by atomic mass is 10.0. The molecule has 0 bridgehead atoms. The van der Waals surface area contributed by atoms with Gasteiger partial charge in [0.25, 0.3) is 0 Å². The SMILES string of the molecule is Cn1cc(CCNC(=O)N[C@@H]2CCOc3ccccc32)cn1. The van der Waals surface area contributed by atoms with E-state index in [-0.39, 0.29) is 12.1 Å². The molecule has 2 heterocycles. The summed E-state index contributed by atoms with van der Waals surface area (Å²) in [4.78, 5) is 12.0. The summed E-state index contributed by atoms with van der Waals surface area (Å²) in [6.07, 6.45) is 5.32. The number of ether oxygens (including phenoxy) is 1. The fraction of sp³-hybridized carbons (Fsp3) is 0.375. The highest BCUT2D eigenvalue weighted by Crippen LogP contribution is 2.31. The van der Waals surface area contributed by atoms with Crippen molar-refractivity contribution in [2.45, 2.75) is 18.9 Å². The summed E-state index contributed by atoms with van der Waals surface area (Å²) in [6.45, 7) is 1.21. The van der Waals surface area contributed by atoms with E-state index in [2.05, 4.69) is 15.7 Å². The largest absolute Gasteiger partial charge is 0.493 e. The fourth-order valence-electron chi connectivity index (χ4n) is 2.62. The number of benzene rings is 1. The average molecular weight is 300 g/mol. The number of aromatic nitrogens is 2. The van der Waals surface area contributed by atoms with E-state index in [1.54, 1.807) is 4.68 Å². The van der Waals surface area contributed by atoms with Crippen LogP contribution in [0.3, 0.4) is 0 Å². The lowest BCUT2D eigenvalue weighted by Crippen LogP contribution is -2.40. The molecular weight excluding hydrogens is 280 g/mol. The van der Waals surface area contributed by atoms with E-state index in [9.17, 15) is 4.79 Å². The molecule has 0 spiro atoms. The molecule has 6 nitrogen and oxygen atoms in total. The van der Waals surface area contributed by atoms with E-state index in [4.69, 9.17) is 4.74 Å². The summed E-state index contributed by atoms with van der Waals surface area (Å²) in [5.74, 6) is 0.856. The van der Waals surface area contributed by atoms with Crippen molar-refractivity contribution in [1.82, 2.24) is 20.4 Å². The number of para-hydroxylation sites is 1. The number of hydrogen-bond donors (Lipinski definition) is 2. The summed E-state index contributed by atoms with van der Waals surface area (Å²) in [6, 6.07) is 7.69. The minimum absolute atomic E-state index is 0.00309. The number of amides is 2. The van der Waals surface area contributed by atoms with Crippen molar-refractivity contribution in [2.24, 2.45) is 7.05 Å². The maximum absolute atomic E-state index is 12.0. The molecule has 0 radical (unpaired) electrons. The molecule has 2 N–H and O–H groups in total. The molecule has 2 amide bonds. The van der Waals surface area contributed by atoms with Crippen LogP contribution in [0.25, 0.3) is 0 Å². The van der Waals surface area contributed by atoms with Gasteiger partial charge in [-0.3, -0.25) is 4.68 Å². The van der Waals surface area contributed by atoms with E-state index in [1.807, 2.05) is 43.7 Å². The van der Waals surface area contributed by atoms with Gasteiger partial charge in [-0.2, -0.15) is 5.10 Å². The first-order valence-corrected chi connectivity index (χ1v) is 7.46. The summed E-state index contributed by atoms with van der Waals surface area (Å²) in [7, 11) is 1.88. The monoisotopic (exact) mass is 300 g/mol. The second-order valence-electron chi connectivity index (χ2n) is 5.40. The Morgan fingerprint density at radius 1 is 1.45 bits per heavy atom. The highest BCUT2D eigenvalue weighted by atomic mass is 16.5. The molecule has 6 heteroatoms. The Hall–Kier alpha value is -2.50. The highest BCUT2D eigenvalue weighted by molar-refractivity contribution is 5.74. The van der Waals surface area contributed by atoms with E-state index in [0.717, 1.165) is 29.7 Å². The van der Waals surface area contributed by atoms with Crippen LogP contribution < -0.4 is 15.4 Å². The highest BCUT2D eigenvalue weighted by Gasteiger charge is 2.22. The average Bonchev–Trinajstić information content (AvgIpc) is 2.93. The zero-order chi connectivity index (χ0) is 15.4. The van der Waals surface area contributed by atoms with Gasteiger partial charge in [0.2, 0.25) is 0 Å². The number of carbonyl (C=O) groups excluding carboxylic acids is 1. The Morgan fingerprint density at radius 2 is 2.32 bits per heavy atom. The molecular formula is C16H20N4O2. The molecule has 2 aromatic rings. The number of nitrogens with zero attached hydrogens (tertiary/aromatic N) is 2. The van der Waals surface area contributed by atoms with Crippen LogP contribution in [-0.4, -0.2) is 29.0 Å². The zero-order valence-corrected chi connectivity index (χ0v) is 12.6. The van der Waals surface area contributed by atoms with Gasteiger partial charge in [0.05, 0.1) is 18.8 Å². The van der Waals surface area contributed by atoms with Crippen molar-refractivity contribution >= 4 is 6.03 Å². The first kappa shape index (κ1) is 14.4. The van der Waals surface area contributed by atoms with Crippen LogP contribution >= 0.6 is 0 Å². The van der Waals surface area contributed by atoms with Gasteiger partial charge in [-0.1, -0.05) is 18.2 Å². The van der Waals surface area contributed by atoms with Crippen molar-refractivity contribution in [3.05, 3.63) is 47.8 Å². The van der Waals surface area contributed by atoms with Gasteiger partial charge >= 0.3 is 6.03 Å². The molecule has 3 rings (SSSR count). The quantitative estimate of drug-likeness (QED) is 0.904. The Labute approximate surface area is 129 Å².